The number of carbonyl (C=O) groups is 2. The van der Waals surface area contributed by atoms with Crippen LogP contribution in [0.1, 0.15) is 17.3 Å². The molecule has 7 heteroatoms. The Labute approximate surface area is 161 Å². The maximum Gasteiger partial charge on any atom is 0.251 e. The van der Waals surface area contributed by atoms with E-state index in [9.17, 15) is 9.59 Å². The first-order valence-electron chi connectivity index (χ1n) is 8.47. The molecule has 1 heterocycles. The second kappa shape index (κ2) is 8.95. The molecule has 0 saturated carbocycles. The average molecular weight is 381 g/mol. The topological polar surface area (TPSA) is 80.3 Å². The van der Waals surface area contributed by atoms with E-state index in [-0.39, 0.29) is 18.4 Å². The Bertz CT molecular complexity index is 908. The first-order chi connectivity index (χ1) is 13.2. The first-order valence-corrected chi connectivity index (χ1v) is 9.35. The zero-order valence-corrected chi connectivity index (χ0v) is 15.6. The number of hydrogen-bond donors (Lipinski definition) is 2. The smallest absolute Gasteiger partial charge is 0.251 e. The molecular formula is C20H19N3O3S. The third kappa shape index (κ3) is 5.15. The van der Waals surface area contributed by atoms with Gasteiger partial charge >= 0.3 is 0 Å². The Morgan fingerprint density at radius 2 is 1.81 bits per heavy atom. The standard InChI is InChI=1S/C20H19N3O3S/c1-2-26-16-10-8-15(9-11-16)19(25)21-12-18(24)23-20-22-17(13-27-20)14-6-4-3-5-7-14/h3-11,13H,2,12H2,1H3,(H,21,25)(H,22,23,24). The van der Waals surface area contributed by atoms with Crippen LogP contribution in [0.5, 0.6) is 5.75 Å². The van der Waals surface area contributed by atoms with Gasteiger partial charge in [-0.1, -0.05) is 30.3 Å². The van der Waals surface area contributed by atoms with Crippen LogP contribution in [-0.4, -0.2) is 29.9 Å². The fraction of sp³-hybridized carbons (Fsp3) is 0.150. The molecule has 0 unspecified atom stereocenters. The van der Waals surface area contributed by atoms with Crippen LogP contribution in [0.4, 0.5) is 5.13 Å². The van der Waals surface area contributed by atoms with Crippen molar-refractivity contribution >= 4 is 28.3 Å². The zero-order chi connectivity index (χ0) is 19.1. The number of carbonyl (C=O) groups excluding carboxylic acids is 2. The van der Waals surface area contributed by atoms with Gasteiger partial charge in [-0.05, 0) is 31.2 Å². The summed E-state index contributed by atoms with van der Waals surface area (Å²) in [6.07, 6.45) is 0. The minimum atomic E-state index is -0.330. The number of anilines is 1. The van der Waals surface area contributed by atoms with E-state index in [4.69, 9.17) is 4.74 Å². The van der Waals surface area contributed by atoms with Crippen LogP contribution in [0.3, 0.4) is 0 Å². The molecule has 3 aromatic rings. The lowest BCUT2D eigenvalue weighted by atomic mass is 10.2. The van der Waals surface area contributed by atoms with E-state index in [1.807, 2.05) is 42.6 Å². The second-order valence-corrected chi connectivity index (χ2v) is 6.45. The molecule has 0 spiro atoms. The van der Waals surface area contributed by atoms with Crippen LogP contribution in [0.2, 0.25) is 0 Å². The van der Waals surface area contributed by atoms with Crippen LogP contribution in [0, 0.1) is 0 Å². The van der Waals surface area contributed by atoms with Crippen LogP contribution >= 0.6 is 11.3 Å². The van der Waals surface area contributed by atoms with Crippen molar-refractivity contribution in [2.45, 2.75) is 6.92 Å². The highest BCUT2D eigenvalue weighted by atomic mass is 32.1. The van der Waals surface area contributed by atoms with E-state index in [1.165, 1.54) is 11.3 Å². The highest BCUT2D eigenvalue weighted by molar-refractivity contribution is 7.14. The maximum atomic E-state index is 12.1. The van der Waals surface area contributed by atoms with Crippen molar-refractivity contribution in [3.63, 3.8) is 0 Å². The predicted molar refractivity (Wildman–Crippen MR) is 106 cm³/mol. The lowest BCUT2D eigenvalue weighted by molar-refractivity contribution is -0.115. The Balaban J connectivity index is 1.51. The summed E-state index contributed by atoms with van der Waals surface area (Å²) in [6, 6.07) is 16.5. The van der Waals surface area contributed by atoms with Gasteiger partial charge in [0.15, 0.2) is 5.13 Å². The summed E-state index contributed by atoms with van der Waals surface area (Å²) in [7, 11) is 0. The quantitative estimate of drug-likeness (QED) is 0.656. The predicted octanol–water partition coefficient (Wildman–Crippen LogP) is 3.58. The number of nitrogens with one attached hydrogen (secondary N) is 2. The normalized spacial score (nSPS) is 10.3. The number of ether oxygens (including phenoxy) is 1. The summed E-state index contributed by atoms with van der Waals surface area (Å²) in [5.41, 5.74) is 2.25. The molecule has 2 N–H and O–H groups in total. The van der Waals surface area contributed by atoms with E-state index in [1.54, 1.807) is 24.3 Å². The van der Waals surface area contributed by atoms with Crippen molar-refractivity contribution in [3.8, 4) is 17.0 Å². The van der Waals surface area contributed by atoms with Gasteiger partial charge in [-0.2, -0.15) is 0 Å². The van der Waals surface area contributed by atoms with E-state index >= 15 is 0 Å². The molecule has 6 nitrogen and oxygen atoms in total. The highest BCUT2D eigenvalue weighted by Crippen LogP contribution is 2.24. The SMILES string of the molecule is CCOc1ccc(C(=O)NCC(=O)Nc2nc(-c3ccccc3)cs2)cc1. The average Bonchev–Trinajstić information content (AvgIpc) is 3.16. The number of amides is 2. The van der Waals surface area contributed by atoms with Crippen molar-refractivity contribution < 1.29 is 14.3 Å². The van der Waals surface area contributed by atoms with E-state index in [2.05, 4.69) is 15.6 Å². The Kier molecular flexibility index (Phi) is 6.17. The molecule has 0 bridgehead atoms. The molecule has 1 aromatic heterocycles. The van der Waals surface area contributed by atoms with Crippen LogP contribution < -0.4 is 15.4 Å². The number of nitrogens with zero attached hydrogens (tertiary/aromatic N) is 1. The number of hydrogen-bond acceptors (Lipinski definition) is 5. The van der Waals surface area contributed by atoms with Crippen molar-refractivity contribution in [2.75, 3.05) is 18.5 Å². The molecule has 0 aliphatic rings. The Morgan fingerprint density at radius 1 is 1.07 bits per heavy atom. The highest BCUT2D eigenvalue weighted by Gasteiger charge is 2.11. The largest absolute Gasteiger partial charge is 0.494 e. The minimum absolute atomic E-state index is 0.133. The molecular weight excluding hydrogens is 362 g/mol. The fourth-order valence-electron chi connectivity index (χ4n) is 2.37. The second-order valence-electron chi connectivity index (χ2n) is 5.59. The van der Waals surface area contributed by atoms with E-state index in [0.29, 0.717) is 23.1 Å². The molecule has 27 heavy (non-hydrogen) atoms. The lowest BCUT2D eigenvalue weighted by Gasteiger charge is -2.06. The van der Waals surface area contributed by atoms with E-state index in [0.717, 1.165) is 11.3 Å². The molecule has 0 radical (unpaired) electrons. The fourth-order valence-corrected chi connectivity index (χ4v) is 3.10. The number of rotatable bonds is 7. The van der Waals surface area contributed by atoms with Gasteiger partial charge in [0.25, 0.3) is 5.91 Å². The first kappa shape index (κ1) is 18.6. The van der Waals surface area contributed by atoms with Gasteiger partial charge < -0.3 is 15.4 Å². The molecule has 0 saturated heterocycles. The van der Waals surface area contributed by atoms with Crippen LogP contribution in [-0.2, 0) is 4.79 Å². The maximum absolute atomic E-state index is 12.1. The third-order valence-electron chi connectivity index (χ3n) is 3.66. The van der Waals surface area contributed by atoms with Gasteiger partial charge in [0.05, 0.1) is 18.8 Å². The van der Waals surface area contributed by atoms with Crippen LogP contribution in [0.25, 0.3) is 11.3 Å². The minimum Gasteiger partial charge on any atom is -0.494 e. The summed E-state index contributed by atoms with van der Waals surface area (Å²) in [5.74, 6) is 0.0466. The van der Waals surface area contributed by atoms with Crippen molar-refractivity contribution in [1.82, 2.24) is 10.3 Å². The Morgan fingerprint density at radius 3 is 2.52 bits per heavy atom. The monoisotopic (exact) mass is 381 g/mol. The van der Waals surface area contributed by atoms with Crippen molar-refractivity contribution in [3.05, 3.63) is 65.5 Å². The van der Waals surface area contributed by atoms with E-state index < -0.39 is 0 Å². The molecule has 0 atom stereocenters. The van der Waals surface area contributed by atoms with Crippen molar-refractivity contribution in [2.24, 2.45) is 0 Å². The van der Waals surface area contributed by atoms with Gasteiger partial charge in [-0.15, -0.1) is 11.3 Å². The third-order valence-corrected chi connectivity index (χ3v) is 4.41. The summed E-state index contributed by atoms with van der Waals surface area (Å²) >= 11 is 1.34. The van der Waals surface area contributed by atoms with Gasteiger partial charge in [0.2, 0.25) is 5.91 Å². The molecule has 138 valence electrons. The van der Waals surface area contributed by atoms with Gasteiger partial charge in [-0.25, -0.2) is 4.98 Å². The van der Waals surface area contributed by atoms with Gasteiger partial charge in [-0.3, -0.25) is 9.59 Å². The molecule has 0 fully saturated rings. The molecule has 0 aliphatic heterocycles. The Hall–Kier alpha value is -3.19. The summed E-state index contributed by atoms with van der Waals surface area (Å²) < 4.78 is 5.34. The van der Waals surface area contributed by atoms with Gasteiger partial charge in [0, 0.05) is 16.5 Å². The number of benzene rings is 2. The molecule has 0 aliphatic carbocycles. The summed E-state index contributed by atoms with van der Waals surface area (Å²) in [4.78, 5) is 28.6. The number of thiazole rings is 1. The lowest BCUT2D eigenvalue weighted by Crippen LogP contribution is -2.32. The molecule has 2 amide bonds. The molecule has 3 rings (SSSR count). The van der Waals surface area contributed by atoms with Gasteiger partial charge in [0.1, 0.15) is 5.75 Å². The zero-order valence-electron chi connectivity index (χ0n) is 14.8. The van der Waals surface area contributed by atoms with Crippen molar-refractivity contribution in [1.29, 1.82) is 0 Å². The number of aromatic nitrogens is 1. The summed E-state index contributed by atoms with van der Waals surface area (Å²) in [6.45, 7) is 2.32. The van der Waals surface area contributed by atoms with Crippen LogP contribution in [0.15, 0.2) is 60.0 Å². The summed E-state index contributed by atoms with van der Waals surface area (Å²) in [5, 5.41) is 7.67. The molecule has 2 aromatic carbocycles.